The van der Waals surface area contributed by atoms with Crippen LogP contribution in [0.1, 0.15) is 40.5 Å². The first-order chi connectivity index (χ1) is 21.0. The fourth-order valence-corrected chi connectivity index (χ4v) is 7.59. The number of fused-ring (bicyclic) bond motifs is 2. The summed E-state index contributed by atoms with van der Waals surface area (Å²) in [6, 6.07) is 20.4. The molecule has 3 aromatic carbocycles. The Morgan fingerprint density at radius 3 is 2.23 bits per heavy atom. The van der Waals surface area contributed by atoms with E-state index >= 15 is 0 Å². The van der Waals surface area contributed by atoms with Crippen LogP contribution in [0.4, 0.5) is 5.69 Å². The number of pyridine rings is 1. The molecule has 1 saturated heterocycles. The number of amides is 2. The quantitative estimate of drug-likeness (QED) is 0.0846. The molecular formula is C33H24Br3ClN2O5. The van der Waals surface area contributed by atoms with Crippen molar-refractivity contribution in [2.75, 3.05) is 4.90 Å². The van der Waals surface area contributed by atoms with Crippen molar-refractivity contribution < 1.29 is 23.9 Å². The van der Waals surface area contributed by atoms with Crippen LogP contribution in [-0.2, 0) is 14.3 Å². The van der Waals surface area contributed by atoms with E-state index in [1.807, 2.05) is 6.07 Å². The van der Waals surface area contributed by atoms with Gasteiger partial charge in [0.05, 0.1) is 34.3 Å². The Balaban J connectivity index is 1.29. The van der Waals surface area contributed by atoms with E-state index in [4.69, 9.17) is 21.3 Å². The van der Waals surface area contributed by atoms with E-state index in [-0.39, 0.29) is 44.7 Å². The first-order valence-electron chi connectivity index (χ1n) is 13.9. The number of aromatic nitrogens is 1. The number of imide groups is 1. The Morgan fingerprint density at radius 1 is 0.932 bits per heavy atom. The second-order valence-electron chi connectivity index (χ2n) is 10.9. The SMILES string of the molecule is CC(OC(=O)c1cc(-c2ccc(N3C(=O)C4CC(Br)C(Br)CC4C3=O)cc2)nc2ccc(Br)cc12)C(=O)c1cccc(Cl)c1. The van der Waals surface area contributed by atoms with Gasteiger partial charge < -0.3 is 4.74 Å². The summed E-state index contributed by atoms with van der Waals surface area (Å²) in [5.74, 6) is -2.11. The highest BCUT2D eigenvalue weighted by molar-refractivity contribution is 9.12. The highest BCUT2D eigenvalue weighted by Crippen LogP contribution is 2.44. The standard InChI is InChI=1S/C33H24Br3ClN2O5/c1-16(30(40)18-3-2-4-20(37)11-18)44-33(43)25-15-29(38-28-10-7-19(34)12-22(25)28)17-5-8-21(9-6-17)39-31(41)23-13-26(35)27(36)14-24(23)32(39)42/h2-12,15-16,23-24,26-27H,13-14H2,1H3. The van der Waals surface area contributed by atoms with Crippen LogP contribution in [0, 0.1) is 11.8 Å². The third-order valence-corrected chi connectivity index (χ3v) is 11.5. The number of carbonyl (C=O) groups is 4. The molecule has 6 rings (SSSR count). The topological polar surface area (TPSA) is 93.6 Å². The molecule has 5 atom stereocenters. The summed E-state index contributed by atoms with van der Waals surface area (Å²) in [5.41, 5.74) is 2.79. The number of ketones is 1. The lowest BCUT2D eigenvalue weighted by Crippen LogP contribution is -2.34. The molecular weight excluding hydrogens is 780 g/mol. The summed E-state index contributed by atoms with van der Waals surface area (Å²) in [6.07, 6.45) is 0.135. The number of carbonyl (C=O) groups excluding carboxylic acids is 4. The summed E-state index contributed by atoms with van der Waals surface area (Å²) < 4.78 is 6.39. The average Bonchev–Trinajstić information content (AvgIpc) is 3.24. The van der Waals surface area contributed by atoms with E-state index in [1.54, 1.807) is 60.7 Å². The molecule has 0 N–H and O–H groups in total. The normalized spacial score (nSPS) is 22.2. The van der Waals surface area contributed by atoms with E-state index in [1.165, 1.54) is 17.9 Å². The summed E-state index contributed by atoms with van der Waals surface area (Å²) in [4.78, 5) is 59.3. The molecule has 224 valence electrons. The van der Waals surface area contributed by atoms with Crippen molar-refractivity contribution in [1.82, 2.24) is 4.98 Å². The van der Waals surface area contributed by atoms with Crippen molar-refractivity contribution in [3.8, 4) is 11.3 Å². The van der Waals surface area contributed by atoms with Gasteiger partial charge in [-0.25, -0.2) is 9.78 Å². The van der Waals surface area contributed by atoms with Gasteiger partial charge in [0.15, 0.2) is 6.10 Å². The van der Waals surface area contributed by atoms with Crippen molar-refractivity contribution in [3.63, 3.8) is 0 Å². The second-order valence-corrected chi connectivity index (χ2v) is 14.6. The zero-order valence-corrected chi connectivity index (χ0v) is 28.7. The van der Waals surface area contributed by atoms with Crippen LogP contribution in [0.2, 0.25) is 5.02 Å². The first kappa shape index (κ1) is 31.1. The highest BCUT2D eigenvalue weighted by Gasteiger charge is 2.52. The minimum absolute atomic E-state index is 0.126. The maximum absolute atomic E-state index is 13.5. The molecule has 2 amide bonds. The van der Waals surface area contributed by atoms with Gasteiger partial charge in [-0.15, -0.1) is 0 Å². The number of hydrogen-bond donors (Lipinski definition) is 0. The van der Waals surface area contributed by atoms with Crippen molar-refractivity contribution in [3.05, 3.63) is 93.4 Å². The van der Waals surface area contributed by atoms with Crippen LogP contribution in [-0.4, -0.2) is 44.3 Å². The fraction of sp³-hybridized carbons (Fsp3) is 0.242. The van der Waals surface area contributed by atoms with Crippen molar-refractivity contribution in [2.24, 2.45) is 11.8 Å². The van der Waals surface area contributed by atoms with Gasteiger partial charge in [-0.2, -0.15) is 0 Å². The van der Waals surface area contributed by atoms with Crippen LogP contribution < -0.4 is 4.90 Å². The van der Waals surface area contributed by atoms with Gasteiger partial charge in [0.1, 0.15) is 0 Å². The smallest absolute Gasteiger partial charge is 0.339 e. The fourth-order valence-electron chi connectivity index (χ4n) is 5.80. The van der Waals surface area contributed by atoms with Crippen LogP contribution in [0.3, 0.4) is 0 Å². The number of rotatable bonds is 6. The van der Waals surface area contributed by atoms with Gasteiger partial charge in [-0.05, 0) is 68.3 Å². The number of hydrogen-bond acceptors (Lipinski definition) is 6. The predicted octanol–water partition coefficient (Wildman–Crippen LogP) is 8.17. The molecule has 2 aliphatic rings. The Kier molecular flexibility index (Phi) is 8.80. The predicted molar refractivity (Wildman–Crippen MR) is 180 cm³/mol. The number of ether oxygens (including phenoxy) is 1. The van der Waals surface area contributed by atoms with E-state index in [0.717, 1.165) is 4.47 Å². The molecule has 1 saturated carbocycles. The maximum atomic E-state index is 13.5. The number of nitrogens with zero attached hydrogens (tertiary/aromatic N) is 2. The lowest BCUT2D eigenvalue weighted by molar-refractivity contribution is -0.122. The number of esters is 1. The number of anilines is 1. The number of halogens is 4. The summed E-state index contributed by atoms with van der Waals surface area (Å²) >= 11 is 16.8. The molecule has 0 bridgehead atoms. The summed E-state index contributed by atoms with van der Waals surface area (Å²) in [6.45, 7) is 1.52. The molecule has 1 aromatic heterocycles. The van der Waals surface area contributed by atoms with Gasteiger partial charge >= 0.3 is 5.97 Å². The van der Waals surface area contributed by atoms with Gasteiger partial charge in [0, 0.05) is 35.7 Å². The highest BCUT2D eigenvalue weighted by atomic mass is 79.9. The van der Waals surface area contributed by atoms with Crippen LogP contribution >= 0.6 is 59.4 Å². The van der Waals surface area contributed by atoms with Crippen LogP contribution in [0.5, 0.6) is 0 Å². The molecule has 1 aliphatic carbocycles. The van der Waals surface area contributed by atoms with Crippen LogP contribution in [0.15, 0.2) is 77.3 Å². The summed E-state index contributed by atoms with van der Waals surface area (Å²) in [7, 11) is 0. The lowest BCUT2D eigenvalue weighted by atomic mass is 9.81. The molecule has 0 spiro atoms. The molecule has 5 unspecified atom stereocenters. The molecule has 0 radical (unpaired) electrons. The second kappa shape index (κ2) is 12.5. The largest absolute Gasteiger partial charge is 0.451 e. The van der Waals surface area contributed by atoms with E-state index in [9.17, 15) is 19.2 Å². The van der Waals surface area contributed by atoms with Gasteiger partial charge in [0.25, 0.3) is 0 Å². The first-order valence-corrected chi connectivity index (χ1v) is 16.9. The minimum Gasteiger partial charge on any atom is -0.451 e. The number of Topliss-reactive ketones (excluding diaryl/α,β-unsaturated/α-hetero) is 1. The van der Waals surface area contributed by atoms with Gasteiger partial charge in [-0.3, -0.25) is 19.3 Å². The van der Waals surface area contributed by atoms with E-state index < -0.39 is 12.1 Å². The third kappa shape index (κ3) is 5.89. The minimum atomic E-state index is -1.06. The van der Waals surface area contributed by atoms with Crippen molar-refractivity contribution in [2.45, 2.75) is 35.5 Å². The van der Waals surface area contributed by atoms with Crippen molar-refractivity contribution in [1.29, 1.82) is 0 Å². The molecule has 4 aromatic rings. The Morgan fingerprint density at radius 2 is 1.59 bits per heavy atom. The zero-order valence-electron chi connectivity index (χ0n) is 23.2. The summed E-state index contributed by atoms with van der Waals surface area (Å²) in [5, 5.41) is 0.963. The van der Waals surface area contributed by atoms with Gasteiger partial charge in [0.2, 0.25) is 17.6 Å². The number of benzene rings is 3. The Labute approximate surface area is 283 Å². The Hall–Kier alpha value is -2.92. The molecule has 2 fully saturated rings. The number of alkyl halides is 2. The van der Waals surface area contributed by atoms with Crippen molar-refractivity contribution >= 4 is 99.5 Å². The Bertz CT molecular complexity index is 1800. The molecule has 2 heterocycles. The molecule has 44 heavy (non-hydrogen) atoms. The maximum Gasteiger partial charge on any atom is 0.339 e. The third-order valence-electron chi connectivity index (χ3n) is 8.09. The zero-order chi connectivity index (χ0) is 31.3. The lowest BCUT2D eigenvalue weighted by Gasteiger charge is -2.29. The van der Waals surface area contributed by atoms with Crippen LogP contribution in [0.25, 0.3) is 22.2 Å². The average molecular weight is 804 g/mol. The molecule has 7 nitrogen and oxygen atoms in total. The van der Waals surface area contributed by atoms with E-state index in [0.29, 0.717) is 51.3 Å². The molecule has 11 heteroatoms. The monoisotopic (exact) mass is 800 g/mol. The van der Waals surface area contributed by atoms with E-state index in [2.05, 4.69) is 47.8 Å². The van der Waals surface area contributed by atoms with Gasteiger partial charge in [-0.1, -0.05) is 83.7 Å². The molecule has 1 aliphatic heterocycles.